The van der Waals surface area contributed by atoms with Crippen LogP contribution in [-0.4, -0.2) is 21.0 Å². The summed E-state index contributed by atoms with van der Waals surface area (Å²) in [6.07, 6.45) is 1.20. The quantitative estimate of drug-likeness (QED) is 0.701. The van der Waals surface area contributed by atoms with Crippen molar-refractivity contribution in [2.45, 2.75) is 6.42 Å². The van der Waals surface area contributed by atoms with Crippen molar-refractivity contribution in [1.29, 1.82) is 0 Å². The Morgan fingerprint density at radius 1 is 1.07 bits per heavy atom. The monoisotopic (exact) mass is 249 g/mol. The molecular formula is C12H11NSe. The second kappa shape index (κ2) is 3.30. The Hall–Kier alpha value is -0.981. The number of rotatable bonds is 1. The zero-order valence-electron chi connectivity index (χ0n) is 7.81. The topological polar surface area (TPSA) is 3.24 Å². The van der Waals surface area contributed by atoms with Gasteiger partial charge in [-0.2, -0.15) is 0 Å². The first-order chi connectivity index (χ1) is 6.95. The molecule has 0 bridgehead atoms. The van der Waals surface area contributed by atoms with E-state index in [9.17, 15) is 0 Å². The molecule has 0 atom stereocenters. The van der Waals surface area contributed by atoms with Gasteiger partial charge in [-0.3, -0.25) is 0 Å². The van der Waals surface area contributed by atoms with Gasteiger partial charge < -0.3 is 0 Å². The van der Waals surface area contributed by atoms with Crippen LogP contribution >= 0.6 is 0 Å². The van der Waals surface area contributed by atoms with Crippen LogP contribution in [0.1, 0.15) is 5.56 Å². The van der Waals surface area contributed by atoms with Crippen LogP contribution in [0.4, 0.5) is 10.2 Å². The van der Waals surface area contributed by atoms with E-state index in [1.807, 2.05) is 0 Å². The van der Waals surface area contributed by atoms with Crippen LogP contribution in [0.15, 0.2) is 41.3 Å². The average molecular weight is 248 g/mol. The van der Waals surface area contributed by atoms with E-state index in [4.69, 9.17) is 0 Å². The molecule has 2 heteroatoms. The fourth-order valence-electron chi connectivity index (χ4n) is 1.99. The third-order valence-corrected chi connectivity index (χ3v) is 4.53. The Kier molecular flexibility index (Phi) is 1.97. The number of anilines is 2. The van der Waals surface area contributed by atoms with E-state index in [2.05, 4.69) is 46.2 Å². The molecule has 0 aliphatic carbocycles. The minimum absolute atomic E-state index is 0.553. The molecule has 3 rings (SSSR count). The summed E-state index contributed by atoms with van der Waals surface area (Å²) >= 11 is 0.553. The standard InChI is InChI=1S/C12H11NSe/c1-2-5-11-10(4-1)7-8-13(11)12-6-3-9-14-12/h1-6,9H,7-8H2. The molecule has 0 spiro atoms. The van der Waals surface area contributed by atoms with E-state index in [0.717, 1.165) is 6.54 Å². The van der Waals surface area contributed by atoms with Gasteiger partial charge in [0.1, 0.15) is 0 Å². The van der Waals surface area contributed by atoms with Gasteiger partial charge in [-0.1, -0.05) is 0 Å². The fourth-order valence-corrected chi connectivity index (χ4v) is 3.61. The van der Waals surface area contributed by atoms with Crippen LogP contribution < -0.4 is 4.90 Å². The molecule has 1 nitrogen and oxygen atoms in total. The molecule has 0 amide bonds. The van der Waals surface area contributed by atoms with Crippen molar-refractivity contribution in [2.24, 2.45) is 0 Å². The molecule has 1 aromatic carbocycles. The third kappa shape index (κ3) is 1.23. The maximum atomic E-state index is 2.47. The summed E-state index contributed by atoms with van der Waals surface area (Å²) in [4.78, 5) is 4.75. The van der Waals surface area contributed by atoms with Crippen molar-refractivity contribution >= 4 is 24.8 Å². The van der Waals surface area contributed by atoms with Gasteiger partial charge in [0.2, 0.25) is 0 Å². The summed E-state index contributed by atoms with van der Waals surface area (Å²) in [5.74, 6) is 0. The van der Waals surface area contributed by atoms with E-state index >= 15 is 0 Å². The van der Waals surface area contributed by atoms with Crippen LogP contribution in [0.3, 0.4) is 0 Å². The van der Waals surface area contributed by atoms with Crippen molar-refractivity contribution in [2.75, 3.05) is 11.4 Å². The molecule has 0 saturated heterocycles. The Balaban J connectivity index is 2.06. The van der Waals surface area contributed by atoms with E-state index in [1.54, 1.807) is 0 Å². The van der Waals surface area contributed by atoms with E-state index in [0.29, 0.717) is 14.5 Å². The van der Waals surface area contributed by atoms with Gasteiger partial charge >= 0.3 is 89.5 Å². The maximum absolute atomic E-state index is 2.47. The van der Waals surface area contributed by atoms with Gasteiger partial charge in [0, 0.05) is 0 Å². The van der Waals surface area contributed by atoms with E-state index < -0.39 is 0 Å². The second-order valence-electron chi connectivity index (χ2n) is 3.48. The van der Waals surface area contributed by atoms with E-state index in [-0.39, 0.29) is 0 Å². The molecule has 0 saturated carbocycles. The Bertz CT molecular complexity index is 433. The first-order valence-electron chi connectivity index (χ1n) is 4.84. The van der Waals surface area contributed by atoms with Crippen LogP contribution in [0.2, 0.25) is 0 Å². The predicted molar refractivity (Wildman–Crippen MR) is 60.5 cm³/mol. The number of hydrogen-bond donors (Lipinski definition) is 0. The number of benzene rings is 1. The molecule has 1 aliphatic rings. The molecule has 0 radical (unpaired) electrons. The van der Waals surface area contributed by atoms with Crippen LogP contribution in [0.5, 0.6) is 0 Å². The average Bonchev–Trinajstić information content (AvgIpc) is 2.85. The first kappa shape index (κ1) is 8.34. The summed E-state index contributed by atoms with van der Waals surface area (Å²) < 4.78 is 1.50. The zero-order valence-corrected chi connectivity index (χ0v) is 9.52. The molecule has 0 fully saturated rings. The fraction of sp³-hybridized carbons (Fsp3) is 0.167. The van der Waals surface area contributed by atoms with Crippen molar-refractivity contribution < 1.29 is 0 Å². The predicted octanol–water partition coefficient (Wildman–Crippen LogP) is 2.44. The molecule has 14 heavy (non-hydrogen) atoms. The summed E-state index contributed by atoms with van der Waals surface area (Å²) in [6, 6.07) is 13.2. The molecule has 70 valence electrons. The van der Waals surface area contributed by atoms with Gasteiger partial charge in [-0.15, -0.1) is 0 Å². The van der Waals surface area contributed by atoms with Gasteiger partial charge in [-0.25, -0.2) is 0 Å². The van der Waals surface area contributed by atoms with Crippen LogP contribution in [-0.2, 0) is 6.42 Å². The van der Waals surface area contributed by atoms with Crippen LogP contribution in [0, 0.1) is 0 Å². The first-order valence-corrected chi connectivity index (χ1v) is 6.69. The van der Waals surface area contributed by atoms with Crippen molar-refractivity contribution in [3.05, 3.63) is 46.9 Å². The minimum atomic E-state index is 0.553. The Morgan fingerprint density at radius 2 is 2.00 bits per heavy atom. The number of fused-ring (bicyclic) bond motifs is 1. The summed E-state index contributed by atoms with van der Waals surface area (Å²) in [6.45, 7) is 1.16. The Labute approximate surface area is 89.7 Å². The number of hydrogen-bond acceptors (Lipinski definition) is 1. The van der Waals surface area contributed by atoms with Gasteiger partial charge in [0.25, 0.3) is 0 Å². The van der Waals surface area contributed by atoms with Crippen molar-refractivity contribution in [1.82, 2.24) is 0 Å². The normalized spacial score (nSPS) is 14.4. The molecule has 1 aliphatic heterocycles. The summed E-state index contributed by atoms with van der Waals surface area (Å²) in [7, 11) is 0. The second-order valence-corrected chi connectivity index (χ2v) is 5.42. The summed E-state index contributed by atoms with van der Waals surface area (Å²) in [5, 5.41) is 0. The van der Waals surface area contributed by atoms with Gasteiger partial charge in [0.05, 0.1) is 0 Å². The molecule has 2 heterocycles. The SMILES string of the molecule is c1c[se]c(N2CCc3ccccc32)c1. The van der Waals surface area contributed by atoms with Crippen molar-refractivity contribution in [3.63, 3.8) is 0 Å². The molecule has 2 aromatic rings. The van der Waals surface area contributed by atoms with Gasteiger partial charge in [-0.05, 0) is 0 Å². The Morgan fingerprint density at radius 3 is 2.86 bits per heavy atom. The van der Waals surface area contributed by atoms with Crippen molar-refractivity contribution in [3.8, 4) is 0 Å². The van der Waals surface area contributed by atoms with E-state index in [1.165, 1.54) is 22.2 Å². The third-order valence-electron chi connectivity index (χ3n) is 2.66. The van der Waals surface area contributed by atoms with Gasteiger partial charge in [0.15, 0.2) is 0 Å². The van der Waals surface area contributed by atoms with Crippen LogP contribution in [0.25, 0.3) is 0 Å². The zero-order chi connectivity index (χ0) is 9.38. The molecular weight excluding hydrogens is 237 g/mol. The molecule has 1 aromatic heterocycles. The summed E-state index contributed by atoms with van der Waals surface area (Å²) in [5.41, 5.74) is 2.92. The number of nitrogens with zero attached hydrogens (tertiary/aromatic N) is 1. The molecule has 0 unspecified atom stereocenters. The molecule has 0 N–H and O–H groups in total. The number of para-hydroxylation sites is 1.